The average Bonchev–Trinajstić information content (AvgIpc) is 2.62. The predicted octanol–water partition coefficient (Wildman–Crippen LogP) is 2.01. The summed E-state index contributed by atoms with van der Waals surface area (Å²) in [6.07, 6.45) is 0. The largest absolute Gasteiger partial charge is 0.322 e. The molecule has 1 aliphatic heterocycles. The molecule has 26 heavy (non-hydrogen) atoms. The van der Waals surface area contributed by atoms with E-state index in [-0.39, 0.29) is 4.90 Å². The lowest BCUT2D eigenvalue weighted by molar-refractivity contribution is 0.102. The van der Waals surface area contributed by atoms with Gasteiger partial charge in [-0.2, -0.15) is 4.31 Å². The molecule has 2 aromatic rings. The second kappa shape index (κ2) is 7.53. The maximum absolute atomic E-state index is 13.2. The molecule has 0 spiro atoms. The van der Waals surface area contributed by atoms with Gasteiger partial charge in [-0.1, -0.05) is 6.07 Å². The van der Waals surface area contributed by atoms with Gasteiger partial charge in [-0.15, -0.1) is 0 Å². The Labute approximate surface area is 152 Å². The smallest absolute Gasteiger partial charge is 0.255 e. The predicted molar refractivity (Wildman–Crippen MR) is 97.1 cm³/mol. The van der Waals surface area contributed by atoms with E-state index in [9.17, 15) is 17.6 Å². The highest BCUT2D eigenvalue weighted by atomic mass is 32.2. The topological polar surface area (TPSA) is 69.7 Å². The Hall–Kier alpha value is -2.29. The molecule has 2 aromatic carbocycles. The fourth-order valence-electron chi connectivity index (χ4n) is 2.73. The van der Waals surface area contributed by atoms with Gasteiger partial charge in [-0.25, -0.2) is 12.8 Å². The number of halogens is 1. The molecule has 0 bridgehead atoms. The summed E-state index contributed by atoms with van der Waals surface area (Å²) in [5.74, 6) is -0.879. The van der Waals surface area contributed by atoms with E-state index >= 15 is 0 Å². The fourth-order valence-corrected chi connectivity index (χ4v) is 4.15. The van der Waals surface area contributed by atoms with Gasteiger partial charge in [0.15, 0.2) is 0 Å². The van der Waals surface area contributed by atoms with Gasteiger partial charge < -0.3 is 10.2 Å². The highest BCUT2D eigenvalue weighted by Gasteiger charge is 2.27. The number of nitrogens with zero attached hydrogens (tertiary/aromatic N) is 2. The second-order valence-electron chi connectivity index (χ2n) is 6.20. The number of carbonyl (C=O) groups excluding carboxylic acids is 1. The molecule has 0 radical (unpaired) electrons. The molecule has 0 atom stereocenters. The van der Waals surface area contributed by atoms with E-state index < -0.39 is 21.7 Å². The summed E-state index contributed by atoms with van der Waals surface area (Å²) in [7, 11) is -1.61. The third kappa shape index (κ3) is 4.09. The molecule has 1 N–H and O–H groups in total. The molecule has 0 saturated carbocycles. The first-order valence-corrected chi connectivity index (χ1v) is 9.66. The Morgan fingerprint density at radius 3 is 2.31 bits per heavy atom. The molecule has 8 heteroatoms. The van der Waals surface area contributed by atoms with Gasteiger partial charge in [0.1, 0.15) is 5.82 Å². The first kappa shape index (κ1) is 18.5. The number of rotatable bonds is 4. The standard InChI is InChI=1S/C18H20FN3O3S/c1-21-9-11-22(12-10-21)26(24,25)17-7-5-14(6-8-17)18(23)20-16-4-2-3-15(19)13-16/h2-8,13H,9-12H2,1H3,(H,20,23). The first-order chi connectivity index (χ1) is 12.4. The maximum atomic E-state index is 13.2. The minimum atomic E-state index is -3.57. The number of hydrogen-bond acceptors (Lipinski definition) is 4. The lowest BCUT2D eigenvalue weighted by Gasteiger charge is -2.31. The average molecular weight is 377 g/mol. The highest BCUT2D eigenvalue weighted by Crippen LogP contribution is 2.19. The van der Waals surface area contributed by atoms with Gasteiger partial charge in [-0.3, -0.25) is 4.79 Å². The van der Waals surface area contributed by atoms with E-state index in [2.05, 4.69) is 10.2 Å². The number of amides is 1. The zero-order valence-electron chi connectivity index (χ0n) is 14.4. The Kier molecular flexibility index (Phi) is 5.36. The number of piperazine rings is 1. The van der Waals surface area contributed by atoms with Crippen LogP contribution in [0.15, 0.2) is 53.4 Å². The zero-order chi connectivity index (χ0) is 18.7. The molecule has 1 saturated heterocycles. The van der Waals surface area contributed by atoms with Gasteiger partial charge in [0.2, 0.25) is 10.0 Å². The number of likely N-dealkylation sites (N-methyl/N-ethyl adjacent to an activating group) is 1. The van der Waals surface area contributed by atoms with Gasteiger partial charge in [0.25, 0.3) is 5.91 Å². The van der Waals surface area contributed by atoms with Crippen LogP contribution >= 0.6 is 0 Å². The summed E-state index contributed by atoms with van der Waals surface area (Å²) < 4.78 is 40.0. The molecular weight excluding hydrogens is 357 g/mol. The van der Waals surface area contributed by atoms with Crippen molar-refractivity contribution in [2.45, 2.75) is 4.90 Å². The van der Waals surface area contributed by atoms with Gasteiger partial charge in [0.05, 0.1) is 4.90 Å². The molecule has 0 unspecified atom stereocenters. The van der Waals surface area contributed by atoms with E-state index in [1.807, 2.05) is 7.05 Å². The monoisotopic (exact) mass is 377 g/mol. The molecule has 1 fully saturated rings. The van der Waals surface area contributed by atoms with Crippen LogP contribution in [0.1, 0.15) is 10.4 Å². The van der Waals surface area contributed by atoms with Crippen molar-refractivity contribution < 1.29 is 17.6 Å². The van der Waals surface area contributed by atoms with Crippen LogP contribution in [0, 0.1) is 5.82 Å². The Balaban J connectivity index is 1.72. The number of carbonyl (C=O) groups is 1. The van der Waals surface area contributed by atoms with E-state index in [0.29, 0.717) is 37.4 Å². The Morgan fingerprint density at radius 2 is 1.69 bits per heavy atom. The van der Waals surface area contributed by atoms with Crippen LogP contribution in [-0.4, -0.2) is 56.8 Å². The minimum absolute atomic E-state index is 0.157. The molecule has 1 aliphatic rings. The van der Waals surface area contributed by atoms with Gasteiger partial charge in [0, 0.05) is 37.4 Å². The van der Waals surface area contributed by atoms with Crippen LogP contribution in [-0.2, 0) is 10.0 Å². The Bertz CT molecular complexity index is 892. The van der Waals surface area contributed by atoms with E-state index in [0.717, 1.165) is 0 Å². The van der Waals surface area contributed by atoms with Crippen molar-refractivity contribution in [2.24, 2.45) is 0 Å². The van der Waals surface area contributed by atoms with E-state index in [4.69, 9.17) is 0 Å². The highest BCUT2D eigenvalue weighted by molar-refractivity contribution is 7.89. The van der Waals surface area contributed by atoms with Crippen LogP contribution < -0.4 is 5.32 Å². The summed E-state index contributed by atoms with van der Waals surface area (Å²) in [6.45, 7) is 2.27. The molecular formula is C18H20FN3O3S. The number of anilines is 1. The van der Waals surface area contributed by atoms with E-state index in [1.165, 1.54) is 46.8 Å². The van der Waals surface area contributed by atoms with Gasteiger partial charge >= 0.3 is 0 Å². The second-order valence-corrected chi connectivity index (χ2v) is 8.13. The molecule has 0 aliphatic carbocycles. The molecule has 0 aromatic heterocycles. The third-order valence-corrected chi connectivity index (χ3v) is 6.21. The van der Waals surface area contributed by atoms with Crippen LogP contribution in [0.2, 0.25) is 0 Å². The number of sulfonamides is 1. The van der Waals surface area contributed by atoms with Crippen LogP contribution in [0.4, 0.5) is 10.1 Å². The fraction of sp³-hybridized carbons (Fsp3) is 0.278. The van der Waals surface area contributed by atoms with Crippen molar-refractivity contribution in [2.75, 3.05) is 38.5 Å². The SMILES string of the molecule is CN1CCN(S(=O)(=O)c2ccc(C(=O)Nc3cccc(F)c3)cc2)CC1. The summed E-state index contributed by atoms with van der Waals surface area (Å²) >= 11 is 0. The molecule has 138 valence electrons. The summed E-state index contributed by atoms with van der Waals surface area (Å²) in [5, 5.41) is 2.58. The molecule has 1 amide bonds. The normalized spacial score (nSPS) is 16.4. The first-order valence-electron chi connectivity index (χ1n) is 8.22. The molecule has 6 nitrogen and oxygen atoms in total. The quantitative estimate of drug-likeness (QED) is 0.885. The van der Waals surface area contributed by atoms with Crippen LogP contribution in [0.5, 0.6) is 0 Å². The Morgan fingerprint density at radius 1 is 1.04 bits per heavy atom. The van der Waals surface area contributed by atoms with Crippen molar-refractivity contribution in [3.05, 3.63) is 59.9 Å². The van der Waals surface area contributed by atoms with Crippen molar-refractivity contribution in [1.82, 2.24) is 9.21 Å². The zero-order valence-corrected chi connectivity index (χ0v) is 15.2. The van der Waals surface area contributed by atoms with Crippen molar-refractivity contribution >= 4 is 21.6 Å². The van der Waals surface area contributed by atoms with Gasteiger partial charge in [-0.05, 0) is 49.5 Å². The van der Waals surface area contributed by atoms with Crippen molar-refractivity contribution in [3.8, 4) is 0 Å². The molecule has 3 rings (SSSR count). The minimum Gasteiger partial charge on any atom is -0.322 e. The maximum Gasteiger partial charge on any atom is 0.255 e. The summed E-state index contributed by atoms with van der Waals surface area (Å²) in [6, 6.07) is 11.3. The van der Waals surface area contributed by atoms with E-state index in [1.54, 1.807) is 6.07 Å². The van der Waals surface area contributed by atoms with Crippen molar-refractivity contribution in [3.63, 3.8) is 0 Å². The number of nitrogens with one attached hydrogen (secondary N) is 1. The third-order valence-electron chi connectivity index (χ3n) is 4.30. The number of benzene rings is 2. The molecule has 1 heterocycles. The summed E-state index contributed by atoms with van der Waals surface area (Å²) in [5.41, 5.74) is 0.635. The lowest BCUT2D eigenvalue weighted by atomic mass is 10.2. The van der Waals surface area contributed by atoms with Crippen LogP contribution in [0.25, 0.3) is 0 Å². The van der Waals surface area contributed by atoms with Crippen molar-refractivity contribution in [1.29, 1.82) is 0 Å². The van der Waals surface area contributed by atoms with Crippen LogP contribution in [0.3, 0.4) is 0 Å². The lowest BCUT2D eigenvalue weighted by Crippen LogP contribution is -2.47. The number of hydrogen-bond donors (Lipinski definition) is 1. The summed E-state index contributed by atoms with van der Waals surface area (Å²) in [4.78, 5) is 14.5.